The minimum atomic E-state index is 0.211. The van der Waals surface area contributed by atoms with Crippen LogP contribution in [0.1, 0.15) is 20.3 Å². The van der Waals surface area contributed by atoms with E-state index in [0.29, 0.717) is 10.9 Å². The molecule has 90 valence electrons. The Labute approximate surface area is 102 Å². The molecular weight excluding hydrogens is 224 g/mol. The molecule has 1 unspecified atom stereocenters. The summed E-state index contributed by atoms with van der Waals surface area (Å²) in [7, 11) is 1.96. The molecule has 1 heterocycles. The van der Waals surface area contributed by atoms with Gasteiger partial charge in [-0.3, -0.25) is 0 Å². The predicted molar refractivity (Wildman–Crippen MR) is 67.7 cm³/mol. The Morgan fingerprint density at radius 2 is 2.19 bits per heavy atom. The first kappa shape index (κ1) is 13.2. The Balaban J connectivity index is 2.53. The Kier molecular flexibility index (Phi) is 4.96. The van der Waals surface area contributed by atoms with Crippen LogP contribution in [0.2, 0.25) is 5.02 Å². The highest BCUT2D eigenvalue weighted by Gasteiger charge is 2.11. The first-order chi connectivity index (χ1) is 7.52. The number of hydrogen-bond donors (Lipinski definition) is 1. The van der Waals surface area contributed by atoms with E-state index in [1.807, 2.05) is 11.9 Å². The lowest BCUT2D eigenvalue weighted by molar-refractivity contribution is 0.465. The summed E-state index contributed by atoms with van der Waals surface area (Å²) in [4.78, 5) is 10.0. The van der Waals surface area contributed by atoms with Crippen molar-refractivity contribution >= 4 is 17.4 Å². The van der Waals surface area contributed by atoms with E-state index in [0.717, 1.165) is 18.8 Å². The zero-order valence-electron chi connectivity index (χ0n) is 10.0. The Bertz CT molecular complexity index is 330. The van der Waals surface area contributed by atoms with Crippen molar-refractivity contribution in [1.82, 2.24) is 9.97 Å². The molecule has 0 radical (unpaired) electrons. The smallest absolute Gasteiger partial charge is 0.150 e. The third kappa shape index (κ3) is 3.61. The molecule has 0 aliphatic carbocycles. The van der Waals surface area contributed by atoms with Crippen molar-refractivity contribution in [3.8, 4) is 0 Å². The second-order valence-corrected chi connectivity index (χ2v) is 4.72. The van der Waals surface area contributed by atoms with Crippen LogP contribution in [0.4, 0.5) is 5.82 Å². The Hall–Kier alpha value is -0.870. The van der Waals surface area contributed by atoms with Gasteiger partial charge < -0.3 is 10.6 Å². The van der Waals surface area contributed by atoms with E-state index in [1.165, 1.54) is 6.33 Å². The molecule has 0 bridgehead atoms. The molecule has 0 saturated heterocycles. The van der Waals surface area contributed by atoms with Gasteiger partial charge in [0.1, 0.15) is 11.3 Å². The van der Waals surface area contributed by atoms with E-state index in [2.05, 4.69) is 23.8 Å². The lowest BCUT2D eigenvalue weighted by Gasteiger charge is -2.22. The molecule has 16 heavy (non-hydrogen) atoms. The highest BCUT2D eigenvalue weighted by atomic mass is 35.5. The van der Waals surface area contributed by atoms with Crippen LogP contribution in [0.15, 0.2) is 12.5 Å². The molecule has 0 fully saturated rings. The molecule has 2 N–H and O–H groups in total. The summed E-state index contributed by atoms with van der Waals surface area (Å²) >= 11 is 6.00. The fourth-order valence-corrected chi connectivity index (χ4v) is 1.62. The molecule has 1 rings (SSSR count). The van der Waals surface area contributed by atoms with Gasteiger partial charge in [0.25, 0.3) is 0 Å². The summed E-state index contributed by atoms with van der Waals surface area (Å²) in [6, 6.07) is 0.211. The Morgan fingerprint density at radius 1 is 1.50 bits per heavy atom. The van der Waals surface area contributed by atoms with Crippen molar-refractivity contribution in [2.75, 3.05) is 18.5 Å². The lowest BCUT2D eigenvalue weighted by Crippen LogP contribution is -2.32. The van der Waals surface area contributed by atoms with E-state index >= 15 is 0 Å². The molecule has 0 aliphatic heterocycles. The van der Waals surface area contributed by atoms with Gasteiger partial charge in [-0.05, 0) is 12.3 Å². The van der Waals surface area contributed by atoms with Crippen LogP contribution in [-0.4, -0.2) is 29.6 Å². The standard InChI is InChI=1S/C11H19ClN4/c1-8(2)10(13)4-5-16(3)11-9(12)6-14-7-15-11/h6-8,10H,4-5,13H2,1-3H3. The molecule has 1 aromatic heterocycles. The Morgan fingerprint density at radius 3 is 2.75 bits per heavy atom. The summed E-state index contributed by atoms with van der Waals surface area (Å²) in [6.45, 7) is 5.10. The van der Waals surface area contributed by atoms with E-state index in [4.69, 9.17) is 17.3 Å². The molecule has 1 aromatic rings. The molecule has 0 aromatic carbocycles. The van der Waals surface area contributed by atoms with Gasteiger partial charge in [-0.2, -0.15) is 0 Å². The number of nitrogens with zero attached hydrogens (tertiary/aromatic N) is 3. The maximum atomic E-state index is 6.00. The van der Waals surface area contributed by atoms with Gasteiger partial charge in [-0.1, -0.05) is 25.4 Å². The number of nitrogens with two attached hydrogens (primary N) is 1. The SMILES string of the molecule is CC(C)C(N)CCN(C)c1ncncc1Cl. The van der Waals surface area contributed by atoms with E-state index in [-0.39, 0.29) is 6.04 Å². The van der Waals surface area contributed by atoms with E-state index in [1.54, 1.807) is 6.20 Å². The molecule has 5 heteroatoms. The highest BCUT2D eigenvalue weighted by Crippen LogP contribution is 2.20. The largest absolute Gasteiger partial charge is 0.358 e. The van der Waals surface area contributed by atoms with Gasteiger partial charge in [0.2, 0.25) is 0 Å². The van der Waals surface area contributed by atoms with Crippen molar-refractivity contribution in [2.24, 2.45) is 11.7 Å². The maximum absolute atomic E-state index is 6.00. The number of aromatic nitrogens is 2. The third-order valence-electron chi connectivity index (χ3n) is 2.66. The second-order valence-electron chi connectivity index (χ2n) is 4.31. The van der Waals surface area contributed by atoms with Gasteiger partial charge in [0.05, 0.1) is 6.20 Å². The first-order valence-electron chi connectivity index (χ1n) is 5.44. The summed E-state index contributed by atoms with van der Waals surface area (Å²) in [5.41, 5.74) is 5.99. The van der Waals surface area contributed by atoms with E-state index in [9.17, 15) is 0 Å². The predicted octanol–water partition coefficient (Wildman–Crippen LogP) is 1.94. The number of anilines is 1. The van der Waals surface area contributed by atoms with Gasteiger partial charge >= 0.3 is 0 Å². The fraction of sp³-hybridized carbons (Fsp3) is 0.636. The zero-order valence-corrected chi connectivity index (χ0v) is 10.8. The van der Waals surface area contributed by atoms with E-state index < -0.39 is 0 Å². The highest BCUT2D eigenvalue weighted by molar-refractivity contribution is 6.32. The quantitative estimate of drug-likeness (QED) is 0.858. The monoisotopic (exact) mass is 242 g/mol. The molecule has 0 spiro atoms. The fourth-order valence-electron chi connectivity index (χ4n) is 1.37. The van der Waals surface area contributed by atoms with Crippen molar-refractivity contribution in [3.05, 3.63) is 17.5 Å². The van der Waals surface area contributed by atoms with Crippen molar-refractivity contribution in [1.29, 1.82) is 0 Å². The number of halogens is 1. The van der Waals surface area contributed by atoms with Crippen LogP contribution in [0.3, 0.4) is 0 Å². The summed E-state index contributed by atoms with van der Waals surface area (Å²) in [5, 5.41) is 0.572. The normalized spacial score (nSPS) is 12.9. The molecule has 0 aliphatic rings. The van der Waals surface area contributed by atoms with Gasteiger partial charge in [-0.25, -0.2) is 9.97 Å². The van der Waals surface area contributed by atoms with Crippen molar-refractivity contribution in [3.63, 3.8) is 0 Å². The van der Waals surface area contributed by atoms with Gasteiger partial charge in [0, 0.05) is 19.6 Å². The summed E-state index contributed by atoms with van der Waals surface area (Å²) in [6.07, 6.45) is 4.03. The average molecular weight is 243 g/mol. The van der Waals surface area contributed by atoms with Gasteiger partial charge in [0.15, 0.2) is 5.82 Å². The minimum absolute atomic E-state index is 0.211. The van der Waals surface area contributed by atoms with Crippen LogP contribution in [0, 0.1) is 5.92 Å². The molecule has 1 atom stereocenters. The minimum Gasteiger partial charge on any atom is -0.358 e. The van der Waals surface area contributed by atoms with Crippen LogP contribution in [0.5, 0.6) is 0 Å². The van der Waals surface area contributed by atoms with Crippen LogP contribution in [0.25, 0.3) is 0 Å². The van der Waals surface area contributed by atoms with Crippen LogP contribution < -0.4 is 10.6 Å². The molecular formula is C11H19ClN4. The molecule has 4 nitrogen and oxygen atoms in total. The topological polar surface area (TPSA) is 55.0 Å². The second kappa shape index (κ2) is 6.01. The summed E-state index contributed by atoms with van der Waals surface area (Å²) < 4.78 is 0. The molecule has 0 amide bonds. The number of rotatable bonds is 5. The van der Waals surface area contributed by atoms with Crippen molar-refractivity contribution < 1.29 is 0 Å². The van der Waals surface area contributed by atoms with Gasteiger partial charge in [-0.15, -0.1) is 0 Å². The zero-order chi connectivity index (χ0) is 12.1. The van der Waals surface area contributed by atoms with Crippen molar-refractivity contribution in [2.45, 2.75) is 26.3 Å². The summed E-state index contributed by atoms with van der Waals surface area (Å²) in [5.74, 6) is 1.25. The first-order valence-corrected chi connectivity index (χ1v) is 5.82. The lowest BCUT2D eigenvalue weighted by atomic mass is 10.0. The molecule has 0 saturated carbocycles. The average Bonchev–Trinajstić information content (AvgIpc) is 2.25. The number of hydrogen-bond acceptors (Lipinski definition) is 4. The maximum Gasteiger partial charge on any atom is 0.150 e. The van der Waals surface area contributed by atoms with Crippen LogP contribution >= 0.6 is 11.6 Å². The third-order valence-corrected chi connectivity index (χ3v) is 2.93. The van der Waals surface area contributed by atoms with Crippen LogP contribution in [-0.2, 0) is 0 Å².